The number of benzene rings is 1. The van der Waals surface area contributed by atoms with E-state index in [1.807, 2.05) is 0 Å². The number of anilines is 1. The van der Waals surface area contributed by atoms with Crippen molar-refractivity contribution in [3.8, 4) is 5.75 Å². The smallest absolute Gasteiger partial charge is 0.406 e. The van der Waals surface area contributed by atoms with Gasteiger partial charge in [-0.2, -0.15) is 0 Å². The summed E-state index contributed by atoms with van der Waals surface area (Å²) >= 11 is 0. The lowest BCUT2D eigenvalue weighted by Crippen LogP contribution is -2.31. The average molecular weight is 311 g/mol. The van der Waals surface area contributed by atoms with Gasteiger partial charge in [0.1, 0.15) is 5.75 Å². The topological polar surface area (TPSA) is 75.6 Å². The fourth-order valence-corrected chi connectivity index (χ4v) is 3.68. The van der Waals surface area contributed by atoms with Crippen LogP contribution in [0.5, 0.6) is 5.75 Å². The molecule has 2 atom stereocenters. The molecule has 2 unspecified atom stereocenters. The SMILES string of the molecule is O=S1(=O)CC(O)C(Nc2ccc(OC(F)(F)F)cc2)C1. The molecule has 1 aromatic rings. The third-order valence-electron chi connectivity index (χ3n) is 2.76. The van der Waals surface area contributed by atoms with Crippen LogP contribution >= 0.6 is 0 Å². The van der Waals surface area contributed by atoms with Crippen molar-refractivity contribution in [2.75, 3.05) is 16.8 Å². The van der Waals surface area contributed by atoms with Crippen LogP contribution in [0.3, 0.4) is 0 Å². The summed E-state index contributed by atoms with van der Waals surface area (Å²) in [6.07, 6.45) is -5.80. The van der Waals surface area contributed by atoms with Crippen molar-refractivity contribution in [3.63, 3.8) is 0 Å². The quantitative estimate of drug-likeness (QED) is 0.876. The van der Waals surface area contributed by atoms with Crippen molar-refractivity contribution in [3.05, 3.63) is 24.3 Å². The van der Waals surface area contributed by atoms with Crippen LogP contribution in [0.2, 0.25) is 0 Å². The summed E-state index contributed by atoms with van der Waals surface area (Å²) in [5, 5.41) is 12.3. The second-order valence-electron chi connectivity index (χ2n) is 4.47. The standard InChI is InChI=1S/C11H12F3NO4S/c12-11(13,14)19-8-3-1-7(2-4-8)15-9-5-20(17,18)6-10(9)16/h1-4,9-10,15-16H,5-6H2. The number of rotatable bonds is 3. The molecule has 9 heteroatoms. The molecule has 1 aromatic carbocycles. The Morgan fingerprint density at radius 1 is 1.20 bits per heavy atom. The third-order valence-corrected chi connectivity index (χ3v) is 4.48. The van der Waals surface area contributed by atoms with Gasteiger partial charge in [0.25, 0.3) is 0 Å². The zero-order chi connectivity index (χ0) is 15.0. The van der Waals surface area contributed by atoms with Crippen molar-refractivity contribution in [1.82, 2.24) is 0 Å². The molecule has 0 bridgehead atoms. The van der Waals surface area contributed by atoms with E-state index in [-0.39, 0.29) is 17.3 Å². The molecule has 0 saturated carbocycles. The van der Waals surface area contributed by atoms with Gasteiger partial charge in [-0.25, -0.2) is 8.42 Å². The van der Waals surface area contributed by atoms with Gasteiger partial charge in [-0.1, -0.05) is 0 Å². The minimum Gasteiger partial charge on any atom is -0.406 e. The lowest BCUT2D eigenvalue weighted by Gasteiger charge is -2.16. The van der Waals surface area contributed by atoms with E-state index in [1.54, 1.807) is 0 Å². The molecular weight excluding hydrogens is 299 g/mol. The summed E-state index contributed by atoms with van der Waals surface area (Å²) in [4.78, 5) is 0. The summed E-state index contributed by atoms with van der Waals surface area (Å²) in [6.45, 7) is 0. The number of hydrogen-bond acceptors (Lipinski definition) is 5. The van der Waals surface area contributed by atoms with Crippen molar-refractivity contribution < 1.29 is 31.4 Å². The summed E-state index contributed by atoms with van der Waals surface area (Å²) in [5.41, 5.74) is 0.403. The van der Waals surface area contributed by atoms with Gasteiger partial charge >= 0.3 is 6.36 Å². The van der Waals surface area contributed by atoms with E-state index in [4.69, 9.17) is 0 Å². The highest BCUT2D eigenvalue weighted by Crippen LogP contribution is 2.25. The maximum absolute atomic E-state index is 12.0. The average Bonchev–Trinajstić information content (AvgIpc) is 2.52. The molecule has 1 aliphatic heterocycles. The van der Waals surface area contributed by atoms with Gasteiger partial charge < -0.3 is 15.2 Å². The molecule has 0 aromatic heterocycles. The Bertz CT molecular complexity index is 570. The highest BCUT2D eigenvalue weighted by atomic mass is 32.2. The molecule has 0 radical (unpaired) electrons. The van der Waals surface area contributed by atoms with E-state index in [0.29, 0.717) is 5.69 Å². The van der Waals surface area contributed by atoms with E-state index < -0.39 is 28.3 Å². The fraction of sp³-hybridized carbons (Fsp3) is 0.455. The third kappa shape index (κ3) is 4.01. The molecule has 0 spiro atoms. The van der Waals surface area contributed by atoms with E-state index >= 15 is 0 Å². The normalized spacial score (nSPS) is 25.4. The van der Waals surface area contributed by atoms with E-state index in [2.05, 4.69) is 10.1 Å². The predicted octanol–water partition coefficient (Wildman–Crippen LogP) is 1.15. The molecule has 1 saturated heterocycles. The minimum atomic E-state index is -4.76. The molecule has 1 heterocycles. The van der Waals surface area contributed by atoms with Crippen molar-refractivity contribution in [1.29, 1.82) is 0 Å². The van der Waals surface area contributed by atoms with Crippen LogP contribution in [0.1, 0.15) is 0 Å². The van der Waals surface area contributed by atoms with Gasteiger partial charge in [0.2, 0.25) is 0 Å². The monoisotopic (exact) mass is 311 g/mol. The second kappa shape index (κ2) is 5.13. The molecular formula is C11H12F3NO4S. The molecule has 2 rings (SSSR count). The van der Waals surface area contributed by atoms with Crippen LogP contribution in [0.4, 0.5) is 18.9 Å². The largest absolute Gasteiger partial charge is 0.573 e. The van der Waals surface area contributed by atoms with Crippen molar-refractivity contribution >= 4 is 15.5 Å². The zero-order valence-electron chi connectivity index (χ0n) is 10.1. The number of ether oxygens (including phenoxy) is 1. The number of aliphatic hydroxyl groups is 1. The maximum atomic E-state index is 12.0. The van der Waals surface area contributed by atoms with Gasteiger partial charge in [0.15, 0.2) is 9.84 Å². The second-order valence-corrected chi connectivity index (χ2v) is 6.62. The zero-order valence-corrected chi connectivity index (χ0v) is 10.9. The first-order valence-electron chi connectivity index (χ1n) is 5.65. The summed E-state index contributed by atoms with van der Waals surface area (Å²) in [6, 6.07) is 4.17. The lowest BCUT2D eigenvalue weighted by molar-refractivity contribution is -0.274. The Kier molecular flexibility index (Phi) is 3.83. The van der Waals surface area contributed by atoms with Crippen LogP contribution in [-0.4, -0.2) is 43.5 Å². The highest BCUT2D eigenvalue weighted by Gasteiger charge is 2.36. The van der Waals surface area contributed by atoms with Crippen molar-refractivity contribution in [2.45, 2.75) is 18.5 Å². The molecule has 1 aliphatic rings. The Hall–Kier alpha value is -1.48. The number of nitrogens with one attached hydrogen (secondary N) is 1. The van der Waals surface area contributed by atoms with E-state index in [0.717, 1.165) is 12.1 Å². The number of sulfone groups is 1. The molecule has 1 fully saturated rings. The van der Waals surface area contributed by atoms with Gasteiger partial charge in [0, 0.05) is 5.69 Å². The maximum Gasteiger partial charge on any atom is 0.573 e. The minimum absolute atomic E-state index is 0.213. The number of aliphatic hydroxyl groups excluding tert-OH is 1. The first-order valence-corrected chi connectivity index (χ1v) is 7.48. The number of alkyl halides is 3. The molecule has 112 valence electrons. The van der Waals surface area contributed by atoms with Crippen molar-refractivity contribution in [2.24, 2.45) is 0 Å². The van der Waals surface area contributed by atoms with Gasteiger partial charge in [-0.15, -0.1) is 13.2 Å². The summed E-state index contributed by atoms with van der Waals surface area (Å²) in [5.74, 6) is -0.905. The molecule has 0 aliphatic carbocycles. The Morgan fingerprint density at radius 2 is 1.80 bits per heavy atom. The molecule has 5 nitrogen and oxygen atoms in total. The van der Waals surface area contributed by atoms with E-state index in [9.17, 15) is 26.7 Å². The van der Waals surface area contributed by atoms with Gasteiger partial charge in [0.05, 0.1) is 23.7 Å². The van der Waals surface area contributed by atoms with Crippen LogP contribution in [0.15, 0.2) is 24.3 Å². The molecule has 0 amide bonds. The highest BCUT2D eigenvalue weighted by molar-refractivity contribution is 7.91. The molecule has 20 heavy (non-hydrogen) atoms. The van der Waals surface area contributed by atoms with Crippen LogP contribution in [-0.2, 0) is 9.84 Å². The summed E-state index contributed by atoms with van der Waals surface area (Å²) in [7, 11) is -3.28. The summed E-state index contributed by atoms with van der Waals surface area (Å²) < 4.78 is 62.2. The number of hydrogen-bond donors (Lipinski definition) is 2. The molecule has 2 N–H and O–H groups in total. The number of halogens is 3. The van der Waals surface area contributed by atoms with Gasteiger partial charge in [-0.05, 0) is 24.3 Å². The van der Waals surface area contributed by atoms with Crippen LogP contribution < -0.4 is 10.1 Å². The first kappa shape index (κ1) is 14.9. The van der Waals surface area contributed by atoms with Crippen LogP contribution in [0, 0.1) is 0 Å². The fourth-order valence-electron chi connectivity index (χ4n) is 1.93. The van der Waals surface area contributed by atoms with E-state index in [1.165, 1.54) is 12.1 Å². The predicted molar refractivity (Wildman–Crippen MR) is 65.2 cm³/mol. The van der Waals surface area contributed by atoms with Gasteiger partial charge in [-0.3, -0.25) is 0 Å². The Balaban J connectivity index is 2.01. The Morgan fingerprint density at radius 3 is 2.25 bits per heavy atom. The Labute approximate surface area is 113 Å². The lowest BCUT2D eigenvalue weighted by atomic mass is 10.2. The first-order chi connectivity index (χ1) is 9.15. The van der Waals surface area contributed by atoms with Crippen LogP contribution in [0.25, 0.3) is 0 Å².